The Morgan fingerprint density at radius 1 is 1.07 bits per heavy atom. The molecule has 0 atom stereocenters. The maximum absolute atomic E-state index is 12.4. The molecule has 0 saturated heterocycles. The first-order chi connectivity index (χ1) is 13.6. The van der Waals surface area contributed by atoms with Crippen molar-refractivity contribution in [1.29, 1.82) is 5.26 Å². The van der Waals surface area contributed by atoms with Crippen molar-refractivity contribution in [3.05, 3.63) is 59.2 Å². The molecule has 0 bridgehead atoms. The number of ether oxygens (including phenoxy) is 3. The van der Waals surface area contributed by atoms with Crippen molar-refractivity contribution < 1.29 is 19.0 Å². The minimum atomic E-state index is -0.440. The molecule has 2 aromatic carbocycles. The summed E-state index contributed by atoms with van der Waals surface area (Å²) in [5.41, 5.74) is 1.61. The Labute approximate surface area is 165 Å². The number of carbonyl (C=O) groups excluding carboxylic acids is 1. The topological polar surface area (TPSA) is 80.6 Å². The largest absolute Gasteiger partial charge is 0.497 e. The Hall–Kier alpha value is -3.46. The zero-order chi connectivity index (χ0) is 20.4. The SMILES string of the molecule is CCOc1ccc(/C=C(/C#N)C(=O)NCc2ccc(OC)cc2)cc1OCC. The van der Waals surface area contributed by atoms with E-state index in [9.17, 15) is 10.1 Å². The van der Waals surface area contributed by atoms with Crippen LogP contribution >= 0.6 is 0 Å². The number of hydrogen-bond donors (Lipinski definition) is 1. The molecule has 0 aromatic heterocycles. The Morgan fingerprint density at radius 2 is 1.75 bits per heavy atom. The van der Waals surface area contributed by atoms with Gasteiger partial charge in [-0.25, -0.2) is 0 Å². The van der Waals surface area contributed by atoms with Gasteiger partial charge in [0.05, 0.1) is 20.3 Å². The van der Waals surface area contributed by atoms with Gasteiger partial charge >= 0.3 is 0 Å². The van der Waals surface area contributed by atoms with Crippen molar-refractivity contribution >= 4 is 12.0 Å². The molecule has 0 spiro atoms. The van der Waals surface area contributed by atoms with Crippen molar-refractivity contribution in [3.8, 4) is 23.3 Å². The highest BCUT2D eigenvalue weighted by Gasteiger charge is 2.11. The molecule has 0 saturated carbocycles. The monoisotopic (exact) mass is 380 g/mol. The molecule has 146 valence electrons. The summed E-state index contributed by atoms with van der Waals surface area (Å²) in [5.74, 6) is 1.51. The van der Waals surface area contributed by atoms with Gasteiger partial charge in [-0.3, -0.25) is 4.79 Å². The second-order valence-electron chi connectivity index (χ2n) is 5.77. The summed E-state index contributed by atoms with van der Waals surface area (Å²) >= 11 is 0. The van der Waals surface area contributed by atoms with Gasteiger partial charge in [-0.05, 0) is 55.3 Å². The van der Waals surface area contributed by atoms with Gasteiger partial charge in [0.25, 0.3) is 5.91 Å². The van der Waals surface area contributed by atoms with Gasteiger partial charge in [0.2, 0.25) is 0 Å². The number of amides is 1. The molecule has 0 aliphatic rings. The highest BCUT2D eigenvalue weighted by atomic mass is 16.5. The molecule has 2 aromatic rings. The molecule has 0 aliphatic heterocycles. The maximum Gasteiger partial charge on any atom is 0.262 e. The standard InChI is InChI=1S/C22H24N2O4/c1-4-27-20-11-8-17(13-21(20)28-5-2)12-18(14-23)22(25)24-15-16-6-9-19(26-3)10-7-16/h6-13H,4-5,15H2,1-3H3,(H,24,25)/b18-12-. The molecule has 6 heteroatoms. The third-order valence-corrected chi connectivity index (χ3v) is 3.86. The van der Waals surface area contributed by atoms with Crippen molar-refractivity contribution in [3.63, 3.8) is 0 Å². The van der Waals surface area contributed by atoms with E-state index in [1.807, 2.05) is 44.2 Å². The summed E-state index contributed by atoms with van der Waals surface area (Å²) in [6.45, 7) is 5.10. The zero-order valence-corrected chi connectivity index (χ0v) is 16.3. The predicted octanol–water partition coefficient (Wildman–Crippen LogP) is 3.72. The van der Waals surface area contributed by atoms with Gasteiger partial charge < -0.3 is 19.5 Å². The van der Waals surface area contributed by atoms with Gasteiger partial charge in [-0.2, -0.15) is 5.26 Å². The summed E-state index contributed by atoms with van der Waals surface area (Å²) in [7, 11) is 1.60. The van der Waals surface area contributed by atoms with E-state index in [1.54, 1.807) is 25.3 Å². The van der Waals surface area contributed by atoms with Gasteiger partial charge in [0.15, 0.2) is 11.5 Å². The van der Waals surface area contributed by atoms with E-state index in [-0.39, 0.29) is 5.57 Å². The zero-order valence-electron chi connectivity index (χ0n) is 16.3. The van der Waals surface area contributed by atoms with E-state index in [0.29, 0.717) is 36.8 Å². The lowest BCUT2D eigenvalue weighted by atomic mass is 10.1. The fourth-order valence-electron chi connectivity index (χ4n) is 2.49. The second kappa shape index (κ2) is 10.6. The van der Waals surface area contributed by atoms with Crippen LogP contribution in [0.2, 0.25) is 0 Å². The van der Waals surface area contributed by atoms with Crippen LogP contribution in [0, 0.1) is 11.3 Å². The van der Waals surface area contributed by atoms with Gasteiger partial charge in [0.1, 0.15) is 17.4 Å². The molecule has 2 rings (SSSR count). The lowest BCUT2D eigenvalue weighted by Gasteiger charge is -2.11. The molecule has 0 heterocycles. The van der Waals surface area contributed by atoms with Gasteiger partial charge in [-0.1, -0.05) is 18.2 Å². The summed E-state index contributed by atoms with van der Waals surface area (Å²) in [6, 6.07) is 14.6. The summed E-state index contributed by atoms with van der Waals surface area (Å²) in [4.78, 5) is 12.4. The first-order valence-electron chi connectivity index (χ1n) is 9.03. The highest BCUT2D eigenvalue weighted by Crippen LogP contribution is 2.29. The summed E-state index contributed by atoms with van der Waals surface area (Å²) in [6.07, 6.45) is 1.53. The third-order valence-electron chi connectivity index (χ3n) is 3.86. The van der Waals surface area contributed by atoms with E-state index >= 15 is 0 Å². The molecular weight excluding hydrogens is 356 g/mol. The Kier molecular flexibility index (Phi) is 7.92. The molecule has 0 unspecified atom stereocenters. The number of hydrogen-bond acceptors (Lipinski definition) is 5. The van der Waals surface area contributed by atoms with Crippen LogP contribution in [0.3, 0.4) is 0 Å². The van der Waals surface area contributed by atoms with E-state index in [1.165, 1.54) is 6.08 Å². The summed E-state index contributed by atoms with van der Waals surface area (Å²) < 4.78 is 16.2. The number of benzene rings is 2. The molecule has 6 nitrogen and oxygen atoms in total. The third kappa shape index (κ3) is 5.78. The molecule has 0 fully saturated rings. The summed E-state index contributed by atoms with van der Waals surface area (Å²) in [5, 5.41) is 12.1. The number of nitrogens with zero attached hydrogens (tertiary/aromatic N) is 1. The quantitative estimate of drug-likeness (QED) is 0.530. The van der Waals surface area contributed by atoms with Crippen LogP contribution in [-0.2, 0) is 11.3 Å². The van der Waals surface area contributed by atoms with Crippen molar-refractivity contribution in [2.24, 2.45) is 0 Å². The van der Waals surface area contributed by atoms with Gasteiger partial charge in [0, 0.05) is 6.54 Å². The minimum absolute atomic E-state index is 0.0140. The second-order valence-corrected chi connectivity index (χ2v) is 5.77. The number of nitriles is 1. The van der Waals surface area contributed by atoms with E-state index < -0.39 is 5.91 Å². The smallest absolute Gasteiger partial charge is 0.262 e. The average molecular weight is 380 g/mol. The van der Waals surface area contributed by atoms with Crippen LogP contribution in [-0.4, -0.2) is 26.2 Å². The van der Waals surface area contributed by atoms with Crippen LogP contribution < -0.4 is 19.5 Å². The van der Waals surface area contributed by atoms with E-state index in [0.717, 1.165) is 11.3 Å². The highest BCUT2D eigenvalue weighted by molar-refractivity contribution is 6.01. The molecule has 0 aliphatic carbocycles. The Morgan fingerprint density at radius 3 is 2.36 bits per heavy atom. The van der Waals surface area contributed by atoms with Crippen molar-refractivity contribution in [2.45, 2.75) is 20.4 Å². The normalized spacial score (nSPS) is 10.7. The van der Waals surface area contributed by atoms with Crippen LogP contribution in [0.25, 0.3) is 6.08 Å². The lowest BCUT2D eigenvalue weighted by molar-refractivity contribution is -0.117. The fourth-order valence-corrected chi connectivity index (χ4v) is 2.49. The molecule has 1 N–H and O–H groups in total. The maximum atomic E-state index is 12.4. The van der Waals surface area contributed by atoms with Gasteiger partial charge in [-0.15, -0.1) is 0 Å². The average Bonchev–Trinajstić information content (AvgIpc) is 2.72. The first kappa shape index (κ1) is 20.8. The van der Waals surface area contributed by atoms with Crippen LogP contribution in [0.5, 0.6) is 17.2 Å². The molecule has 28 heavy (non-hydrogen) atoms. The minimum Gasteiger partial charge on any atom is -0.497 e. The van der Waals surface area contributed by atoms with E-state index in [2.05, 4.69) is 5.32 Å². The number of carbonyl (C=O) groups is 1. The van der Waals surface area contributed by atoms with Crippen molar-refractivity contribution in [2.75, 3.05) is 20.3 Å². The number of nitrogens with one attached hydrogen (secondary N) is 1. The van der Waals surface area contributed by atoms with Crippen LogP contribution in [0.4, 0.5) is 0 Å². The Balaban J connectivity index is 2.11. The number of methoxy groups -OCH3 is 1. The fraction of sp³-hybridized carbons (Fsp3) is 0.273. The van der Waals surface area contributed by atoms with E-state index in [4.69, 9.17) is 14.2 Å². The molecule has 0 radical (unpaired) electrons. The Bertz CT molecular complexity index is 867. The predicted molar refractivity (Wildman–Crippen MR) is 107 cm³/mol. The first-order valence-corrected chi connectivity index (χ1v) is 9.03. The van der Waals surface area contributed by atoms with Crippen LogP contribution in [0.15, 0.2) is 48.0 Å². The van der Waals surface area contributed by atoms with Crippen molar-refractivity contribution in [1.82, 2.24) is 5.32 Å². The van der Waals surface area contributed by atoms with Crippen LogP contribution in [0.1, 0.15) is 25.0 Å². The molecular formula is C22H24N2O4. The lowest BCUT2D eigenvalue weighted by Crippen LogP contribution is -2.23. The molecule has 1 amide bonds. The number of rotatable bonds is 9.